The quantitative estimate of drug-likeness (QED) is 0.579. The fourth-order valence-corrected chi connectivity index (χ4v) is 3.40. The van der Waals surface area contributed by atoms with Gasteiger partial charge in [0.1, 0.15) is 10.3 Å². The molecule has 2 aromatic rings. The number of carbonyl (C=O) groups excluding carboxylic acids is 2. The fourth-order valence-electron chi connectivity index (χ4n) is 2.82. The Morgan fingerprint density at radius 1 is 1.38 bits per heavy atom. The van der Waals surface area contributed by atoms with Crippen LogP contribution in [0.15, 0.2) is 28.7 Å². The van der Waals surface area contributed by atoms with Gasteiger partial charge in [-0.1, -0.05) is 23.7 Å². The Bertz CT molecular complexity index is 872. The summed E-state index contributed by atoms with van der Waals surface area (Å²) in [6, 6.07) is 6.55. The van der Waals surface area contributed by atoms with Crippen LogP contribution >= 0.6 is 27.5 Å². The van der Waals surface area contributed by atoms with Crippen molar-refractivity contribution in [3.05, 3.63) is 39.3 Å². The van der Waals surface area contributed by atoms with Crippen LogP contribution in [-0.4, -0.2) is 66.0 Å². The highest BCUT2D eigenvalue weighted by Gasteiger charge is 2.20. The van der Waals surface area contributed by atoms with Crippen molar-refractivity contribution >= 4 is 45.3 Å². The number of morpholine rings is 1. The van der Waals surface area contributed by atoms with Crippen LogP contribution in [0.1, 0.15) is 17.3 Å². The average Bonchev–Trinajstić information content (AvgIpc) is 3.02. The fraction of sp³-hybridized carbons (Fsp3) is 0.389. The van der Waals surface area contributed by atoms with Crippen molar-refractivity contribution in [1.29, 1.82) is 0 Å². The second-order valence-electron chi connectivity index (χ2n) is 6.50. The lowest BCUT2D eigenvalue weighted by molar-refractivity contribution is 0.0346. The zero-order chi connectivity index (χ0) is 20.8. The summed E-state index contributed by atoms with van der Waals surface area (Å²) in [6.45, 7) is 5.64. The largest absolute Gasteiger partial charge is 0.414 e. The van der Waals surface area contributed by atoms with Gasteiger partial charge in [0, 0.05) is 25.7 Å². The first-order valence-corrected chi connectivity index (χ1v) is 10.2. The van der Waals surface area contributed by atoms with Crippen LogP contribution in [0.2, 0.25) is 5.02 Å². The molecule has 2 heterocycles. The van der Waals surface area contributed by atoms with Gasteiger partial charge in [0.2, 0.25) is 0 Å². The number of anilines is 1. The number of H-pyrrole nitrogens is 1. The normalized spacial score (nSPS) is 15.6. The molecule has 29 heavy (non-hydrogen) atoms. The van der Waals surface area contributed by atoms with Crippen LogP contribution in [0.5, 0.6) is 5.88 Å². The minimum atomic E-state index is -0.637. The Kier molecular flexibility index (Phi) is 7.48. The van der Waals surface area contributed by atoms with E-state index in [2.05, 4.69) is 41.7 Å². The number of nitrogens with one attached hydrogen (secondary N) is 3. The summed E-state index contributed by atoms with van der Waals surface area (Å²) in [4.78, 5) is 26.7. The topological polar surface area (TPSA) is 109 Å². The van der Waals surface area contributed by atoms with E-state index >= 15 is 0 Å². The number of hydrogen-bond donors (Lipinski definition) is 3. The van der Waals surface area contributed by atoms with E-state index in [0.717, 1.165) is 13.1 Å². The van der Waals surface area contributed by atoms with E-state index < -0.39 is 12.0 Å². The smallest absolute Gasteiger partial charge is 0.388 e. The van der Waals surface area contributed by atoms with Crippen LogP contribution in [-0.2, 0) is 4.74 Å². The number of amides is 2. The van der Waals surface area contributed by atoms with Gasteiger partial charge in [-0.15, -0.1) is 5.10 Å². The number of nitrogens with zero attached hydrogens (tertiary/aromatic N) is 2. The molecule has 156 valence electrons. The minimum Gasteiger partial charge on any atom is -0.388 e. The van der Waals surface area contributed by atoms with Crippen molar-refractivity contribution in [3.63, 3.8) is 0 Å². The molecule has 0 saturated carbocycles. The maximum Gasteiger partial charge on any atom is 0.414 e. The van der Waals surface area contributed by atoms with Crippen LogP contribution in [0.4, 0.5) is 10.6 Å². The highest BCUT2D eigenvalue weighted by molar-refractivity contribution is 9.10. The molecule has 1 saturated heterocycles. The van der Waals surface area contributed by atoms with Crippen molar-refractivity contribution in [2.75, 3.05) is 38.2 Å². The first kappa shape index (κ1) is 21.6. The molecule has 0 radical (unpaired) electrons. The van der Waals surface area contributed by atoms with E-state index in [1.165, 1.54) is 0 Å². The molecule has 0 unspecified atom stereocenters. The van der Waals surface area contributed by atoms with Crippen LogP contribution < -0.4 is 15.4 Å². The first-order chi connectivity index (χ1) is 13.9. The van der Waals surface area contributed by atoms with Gasteiger partial charge in [-0.25, -0.2) is 4.79 Å². The predicted octanol–water partition coefficient (Wildman–Crippen LogP) is 2.89. The Morgan fingerprint density at radius 3 is 2.83 bits per heavy atom. The van der Waals surface area contributed by atoms with E-state index in [0.29, 0.717) is 34.8 Å². The summed E-state index contributed by atoms with van der Waals surface area (Å²) < 4.78 is 10.9. The van der Waals surface area contributed by atoms with Crippen LogP contribution in [0.25, 0.3) is 0 Å². The molecule has 0 aliphatic carbocycles. The van der Waals surface area contributed by atoms with Crippen molar-refractivity contribution in [3.8, 4) is 5.88 Å². The van der Waals surface area contributed by atoms with Crippen LogP contribution in [0, 0.1) is 0 Å². The molecular weight excluding hydrogens is 466 g/mol. The SMILES string of the molecule is C[C@H](CN1CCOCC1)NC(=O)Oc1n[nH]c(NC(=O)c2ccccc2Cl)c1Br. The Morgan fingerprint density at radius 2 is 2.10 bits per heavy atom. The third-order valence-electron chi connectivity index (χ3n) is 4.22. The van der Waals surface area contributed by atoms with Gasteiger partial charge in [-0.05, 0) is 35.0 Å². The Labute approximate surface area is 181 Å². The molecule has 2 amide bonds. The van der Waals surface area contributed by atoms with Gasteiger partial charge in [-0.2, -0.15) is 0 Å². The zero-order valence-electron chi connectivity index (χ0n) is 15.7. The Balaban J connectivity index is 1.54. The molecule has 0 bridgehead atoms. The van der Waals surface area contributed by atoms with E-state index in [1.807, 2.05) is 6.92 Å². The number of ether oxygens (including phenoxy) is 2. The second kappa shape index (κ2) is 10.1. The van der Waals surface area contributed by atoms with E-state index in [4.69, 9.17) is 21.1 Å². The highest BCUT2D eigenvalue weighted by atomic mass is 79.9. The van der Waals surface area contributed by atoms with Gasteiger partial charge < -0.3 is 20.1 Å². The number of rotatable bonds is 6. The van der Waals surface area contributed by atoms with Crippen molar-refractivity contribution in [2.24, 2.45) is 0 Å². The summed E-state index contributed by atoms with van der Waals surface area (Å²) in [7, 11) is 0. The summed E-state index contributed by atoms with van der Waals surface area (Å²) in [5.74, 6) is -0.162. The molecular formula is C18H21BrClN5O4. The monoisotopic (exact) mass is 485 g/mol. The van der Waals surface area contributed by atoms with E-state index in [-0.39, 0.29) is 17.7 Å². The lowest BCUT2D eigenvalue weighted by Crippen LogP contribution is -2.46. The zero-order valence-corrected chi connectivity index (χ0v) is 18.0. The third kappa shape index (κ3) is 5.92. The second-order valence-corrected chi connectivity index (χ2v) is 7.70. The maximum atomic E-state index is 12.4. The molecule has 3 N–H and O–H groups in total. The van der Waals surface area contributed by atoms with Gasteiger partial charge >= 0.3 is 6.09 Å². The predicted molar refractivity (Wildman–Crippen MR) is 112 cm³/mol. The van der Waals surface area contributed by atoms with Crippen molar-refractivity contribution in [2.45, 2.75) is 13.0 Å². The molecule has 1 aromatic heterocycles. The van der Waals surface area contributed by atoms with Crippen LogP contribution in [0.3, 0.4) is 0 Å². The maximum absolute atomic E-state index is 12.4. The molecule has 1 fully saturated rings. The number of benzene rings is 1. The summed E-state index contributed by atoms with van der Waals surface area (Å²) in [5.41, 5.74) is 0.313. The molecule has 3 rings (SSSR count). The summed E-state index contributed by atoms with van der Waals surface area (Å²) in [5, 5.41) is 12.3. The first-order valence-electron chi connectivity index (χ1n) is 9.02. The summed E-state index contributed by atoms with van der Waals surface area (Å²) >= 11 is 9.31. The lowest BCUT2D eigenvalue weighted by atomic mass is 10.2. The van der Waals surface area contributed by atoms with E-state index in [9.17, 15) is 9.59 Å². The lowest BCUT2D eigenvalue weighted by Gasteiger charge is -2.29. The number of aromatic amines is 1. The molecule has 11 heteroatoms. The number of aromatic nitrogens is 2. The summed E-state index contributed by atoms with van der Waals surface area (Å²) in [6.07, 6.45) is -0.637. The molecule has 9 nitrogen and oxygen atoms in total. The number of carbonyl (C=O) groups is 2. The standard InChI is InChI=1S/C18H21BrClN5O4/c1-11(10-25-6-8-28-9-7-25)21-18(27)29-17-14(19)15(23-24-17)22-16(26)12-4-2-3-5-13(12)20/h2-5,11H,6-10H2,1H3,(H,21,27)(H2,22,23,24,26)/t11-/m1/s1. The van der Waals surface area contributed by atoms with Gasteiger partial charge in [0.25, 0.3) is 11.8 Å². The van der Waals surface area contributed by atoms with Gasteiger partial charge in [0.15, 0.2) is 0 Å². The average molecular weight is 487 g/mol. The number of halogens is 2. The highest BCUT2D eigenvalue weighted by Crippen LogP contribution is 2.30. The van der Waals surface area contributed by atoms with Gasteiger partial charge in [-0.3, -0.25) is 14.8 Å². The van der Waals surface area contributed by atoms with Crippen molar-refractivity contribution < 1.29 is 19.1 Å². The third-order valence-corrected chi connectivity index (χ3v) is 5.29. The molecule has 0 spiro atoms. The minimum absolute atomic E-state index is 0.00975. The molecule has 1 aromatic carbocycles. The molecule has 1 aliphatic rings. The van der Waals surface area contributed by atoms with E-state index in [1.54, 1.807) is 24.3 Å². The molecule has 1 aliphatic heterocycles. The Hall–Kier alpha value is -2.14. The number of hydrogen-bond acceptors (Lipinski definition) is 6. The molecule has 1 atom stereocenters. The van der Waals surface area contributed by atoms with Gasteiger partial charge in [0.05, 0.1) is 23.8 Å². The van der Waals surface area contributed by atoms with Crippen molar-refractivity contribution in [1.82, 2.24) is 20.4 Å².